The van der Waals surface area contributed by atoms with Crippen LogP contribution in [0.3, 0.4) is 0 Å². The Morgan fingerprint density at radius 1 is 1.29 bits per heavy atom. The van der Waals surface area contributed by atoms with Crippen molar-refractivity contribution in [1.29, 1.82) is 0 Å². The summed E-state index contributed by atoms with van der Waals surface area (Å²) < 4.78 is 5.06. The molecular weight excluding hydrogens is 194 g/mol. The molecule has 1 aromatic heterocycles. The lowest BCUT2D eigenvalue weighted by atomic mass is 10.0. The number of aromatic nitrogens is 1. The third-order valence-electron chi connectivity index (χ3n) is 2.19. The first kappa shape index (κ1) is 9.21. The minimum absolute atomic E-state index is 0.417. The van der Waals surface area contributed by atoms with Gasteiger partial charge in [-0.2, -0.15) is 0 Å². The third kappa shape index (κ3) is 1.63. The van der Waals surface area contributed by atoms with E-state index in [-0.39, 0.29) is 0 Å². The molecule has 0 saturated heterocycles. The second kappa shape index (κ2) is 3.42. The van der Waals surface area contributed by atoms with Gasteiger partial charge in [0.15, 0.2) is 0 Å². The van der Waals surface area contributed by atoms with Gasteiger partial charge in [0.2, 0.25) is 0 Å². The Balaban J connectivity index is 2.57. The molecule has 1 N–H and O–H groups in total. The van der Waals surface area contributed by atoms with E-state index in [2.05, 4.69) is 37.0 Å². The van der Waals surface area contributed by atoms with Crippen molar-refractivity contribution in [1.82, 2.24) is 4.98 Å². The fourth-order valence-electron chi connectivity index (χ4n) is 1.53. The molecule has 14 heavy (non-hydrogen) atoms. The average Bonchev–Trinajstić information content (AvgIpc) is 2.51. The maximum Gasteiger partial charge on any atom is 0.266 e. The molecule has 0 spiro atoms. The van der Waals surface area contributed by atoms with Crippen molar-refractivity contribution < 1.29 is 4.42 Å². The van der Waals surface area contributed by atoms with E-state index in [0.717, 1.165) is 11.3 Å². The summed E-state index contributed by atoms with van der Waals surface area (Å²) >= 11 is 4.88. The van der Waals surface area contributed by atoms with Gasteiger partial charge in [-0.3, -0.25) is 0 Å². The molecule has 2 nitrogen and oxygen atoms in total. The molecule has 0 aliphatic carbocycles. The number of hydrogen-bond donors (Lipinski definition) is 1. The van der Waals surface area contributed by atoms with Crippen LogP contribution in [-0.4, -0.2) is 4.98 Å². The van der Waals surface area contributed by atoms with E-state index in [1.807, 2.05) is 0 Å². The van der Waals surface area contributed by atoms with Crippen molar-refractivity contribution in [3.05, 3.63) is 40.4 Å². The SMILES string of the molecule is Cc1ccc(-c2coc(=S)[nH]2)c(C)c1. The number of oxazole rings is 1. The first-order valence-electron chi connectivity index (χ1n) is 4.42. The van der Waals surface area contributed by atoms with E-state index < -0.39 is 0 Å². The zero-order valence-electron chi connectivity index (χ0n) is 8.13. The number of aromatic amines is 1. The highest BCUT2D eigenvalue weighted by molar-refractivity contribution is 7.71. The van der Waals surface area contributed by atoms with Crippen molar-refractivity contribution in [3.8, 4) is 11.3 Å². The van der Waals surface area contributed by atoms with Crippen molar-refractivity contribution in [3.63, 3.8) is 0 Å². The minimum Gasteiger partial charge on any atom is -0.437 e. The lowest BCUT2D eigenvalue weighted by Crippen LogP contribution is -1.84. The molecule has 0 aliphatic rings. The Bertz CT molecular complexity index is 510. The molecule has 3 heteroatoms. The quantitative estimate of drug-likeness (QED) is 0.720. The molecule has 0 atom stereocenters. The van der Waals surface area contributed by atoms with Gasteiger partial charge in [-0.1, -0.05) is 23.8 Å². The van der Waals surface area contributed by atoms with Gasteiger partial charge in [0.25, 0.3) is 4.84 Å². The van der Waals surface area contributed by atoms with E-state index in [1.165, 1.54) is 11.1 Å². The number of rotatable bonds is 1. The predicted octanol–water partition coefficient (Wildman–Crippen LogP) is 3.62. The maximum atomic E-state index is 5.06. The number of benzene rings is 1. The van der Waals surface area contributed by atoms with Gasteiger partial charge >= 0.3 is 0 Å². The summed E-state index contributed by atoms with van der Waals surface area (Å²) in [5.41, 5.74) is 4.55. The summed E-state index contributed by atoms with van der Waals surface area (Å²) in [6.45, 7) is 4.15. The van der Waals surface area contributed by atoms with Gasteiger partial charge in [-0.25, -0.2) is 0 Å². The zero-order valence-corrected chi connectivity index (χ0v) is 8.94. The molecule has 0 fully saturated rings. The van der Waals surface area contributed by atoms with Gasteiger partial charge in [0.1, 0.15) is 6.26 Å². The third-order valence-corrected chi connectivity index (χ3v) is 2.39. The standard InChI is InChI=1S/C11H11NOS/c1-7-3-4-9(8(2)5-7)10-6-13-11(14)12-10/h3-6H,1-2H3,(H,12,14). The normalized spacial score (nSPS) is 10.4. The first-order chi connectivity index (χ1) is 6.66. The zero-order chi connectivity index (χ0) is 10.1. The van der Waals surface area contributed by atoms with Crippen molar-refractivity contribution in [2.75, 3.05) is 0 Å². The maximum absolute atomic E-state index is 5.06. The summed E-state index contributed by atoms with van der Waals surface area (Å²) in [6.07, 6.45) is 1.65. The van der Waals surface area contributed by atoms with Crippen molar-refractivity contribution in [2.24, 2.45) is 0 Å². The number of nitrogens with one attached hydrogen (secondary N) is 1. The molecule has 0 radical (unpaired) electrons. The van der Waals surface area contributed by atoms with Crippen LogP contribution < -0.4 is 0 Å². The molecule has 0 unspecified atom stereocenters. The molecule has 72 valence electrons. The smallest absolute Gasteiger partial charge is 0.266 e. The summed E-state index contributed by atoms with van der Waals surface area (Å²) in [6, 6.07) is 6.28. The Labute approximate surface area is 87.6 Å². The molecule has 1 aromatic carbocycles. The topological polar surface area (TPSA) is 28.9 Å². The van der Waals surface area contributed by atoms with E-state index in [0.29, 0.717) is 4.84 Å². The second-order valence-electron chi connectivity index (χ2n) is 3.38. The second-order valence-corrected chi connectivity index (χ2v) is 3.75. The summed E-state index contributed by atoms with van der Waals surface area (Å²) in [5.74, 6) is 0. The molecule has 0 aliphatic heterocycles. The van der Waals surface area contributed by atoms with E-state index >= 15 is 0 Å². The molecular formula is C11H11NOS. The highest BCUT2D eigenvalue weighted by Crippen LogP contribution is 2.22. The van der Waals surface area contributed by atoms with Crippen LogP contribution in [-0.2, 0) is 0 Å². The van der Waals surface area contributed by atoms with Crippen LogP contribution in [0.2, 0.25) is 0 Å². The highest BCUT2D eigenvalue weighted by Gasteiger charge is 2.03. The van der Waals surface area contributed by atoms with E-state index in [1.54, 1.807) is 6.26 Å². The van der Waals surface area contributed by atoms with Crippen LogP contribution in [0.15, 0.2) is 28.9 Å². The molecule has 0 bridgehead atoms. The van der Waals surface area contributed by atoms with E-state index in [4.69, 9.17) is 16.6 Å². The molecule has 0 saturated carbocycles. The van der Waals surface area contributed by atoms with Crippen LogP contribution >= 0.6 is 12.2 Å². The number of aryl methyl sites for hydroxylation is 2. The monoisotopic (exact) mass is 205 g/mol. The van der Waals surface area contributed by atoms with Crippen LogP contribution in [0.5, 0.6) is 0 Å². The average molecular weight is 205 g/mol. The first-order valence-corrected chi connectivity index (χ1v) is 4.83. The van der Waals surface area contributed by atoms with Crippen LogP contribution in [0.25, 0.3) is 11.3 Å². The molecule has 1 heterocycles. The lowest BCUT2D eigenvalue weighted by Gasteiger charge is -2.02. The molecule has 2 rings (SSSR count). The Hall–Kier alpha value is -1.35. The molecule has 0 amide bonds. The Kier molecular flexibility index (Phi) is 2.25. The Morgan fingerprint density at radius 3 is 2.64 bits per heavy atom. The van der Waals surface area contributed by atoms with Gasteiger partial charge in [-0.05, 0) is 31.6 Å². The van der Waals surface area contributed by atoms with Gasteiger partial charge in [0, 0.05) is 5.56 Å². The van der Waals surface area contributed by atoms with Gasteiger partial charge in [0.05, 0.1) is 5.69 Å². The lowest BCUT2D eigenvalue weighted by molar-refractivity contribution is 0.541. The fraction of sp³-hybridized carbons (Fsp3) is 0.182. The number of H-pyrrole nitrogens is 1. The summed E-state index contributed by atoms with van der Waals surface area (Å²) in [4.78, 5) is 3.42. The number of hydrogen-bond acceptors (Lipinski definition) is 2. The fourth-order valence-corrected chi connectivity index (χ4v) is 1.69. The van der Waals surface area contributed by atoms with Crippen LogP contribution in [0.1, 0.15) is 11.1 Å². The van der Waals surface area contributed by atoms with Gasteiger partial charge < -0.3 is 9.40 Å². The minimum atomic E-state index is 0.417. The van der Waals surface area contributed by atoms with Crippen LogP contribution in [0.4, 0.5) is 0 Å². The van der Waals surface area contributed by atoms with Crippen LogP contribution in [0, 0.1) is 18.7 Å². The predicted molar refractivity (Wildman–Crippen MR) is 58.8 cm³/mol. The summed E-state index contributed by atoms with van der Waals surface area (Å²) in [7, 11) is 0. The van der Waals surface area contributed by atoms with Crippen molar-refractivity contribution in [2.45, 2.75) is 13.8 Å². The molecule has 2 aromatic rings. The van der Waals surface area contributed by atoms with Gasteiger partial charge in [-0.15, -0.1) is 0 Å². The Morgan fingerprint density at radius 2 is 2.07 bits per heavy atom. The highest BCUT2D eigenvalue weighted by atomic mass is 32.1. The van der Waals surface area contributed by atoms with E-state index in [9.17, 15) is 0 Å². The largest absolute Gasteiger partial charge is 0.437 e. The van der Waals surface area contributed by atoms with Crippen molar-refractivity contribution >= 4 is 12.2 Å². The summed E-state index contributed by atoms with van der Waals surface area (Å²) in [5, 5.41) is 0.